The van der Waals surface area contributed by atoms with Crippen LogP contribution in [0.25, 0.3) is 11.1 Å². The standard InChI is InChI=1S/C25H25N5O3S/c1-16(33-23-12-19(13-27-24(23)26)20-14-28-30(2)15-20)17-6-4-8-21(10-17)29-25(31)18-7-5-9-22(11-18)34(3)32/h4-16H,1-3H3,(H2,26,27)(H,29,31)/t16-,34?/m1/s1. The van der Waals surface area contributed by atoms with Crippen LogP contribution >= 0.6 is 0 Å². The highest BCUT2D eigenvalue weighted by Gasteiger charge is 2.15. The highest BCUT2D eigenvalue weighted by Crippen LogP contribution is 2.31. The van der Waals surface area contributed by atoms with Crippen molar-refractivity contribution in [3.63, 3.8) is 0 Å². The van der Waals surface area contributed by atoms with Gasteiger partial charge < -0.3 is 20.3 Å². The van der Waals surface area contributed by atoms with E-state index in [-0.39, 0.29) is 17.8 Å². The molecule has 0 saturated heterocycles. The van der Waals surface area contributed by atoms with Crippen molar-refractivity contribution < 1.29 is 14.1 Å². The Bertz CT molecular complexity index is 1320. The number of aromatic nitrogens is 3. The van der Waals surface area contributed by atoms with Crippen molar-refractivity contribution in [1.29, 1.82) is 0 Å². The van der Waals surface area contributed by atoms with Gasteiger partial charge in [-0.05, 0) is 54.0 Å². The molecule has 9 heteroatoms. The first-order chi connectivity index (χ1) is 16.3. The number of pyridine rings is 1. The van der Waals surface area contributed by atoms with Crippen molar-refractivity contribution in [1.82, 2.24) is 14.8 Å². The van der Waals surface area contributed by atoms with Gasteiger partial charge in [0.25, 0.3) is 5.91 Å². The number of carbonyl (C=O) groups is 1. The zero-order valence-electron chi connectivity index (χ0n) is 19.1. The highest BCUT2D eigenvalue weighted by molar-refractivity contribution is 7.90. The predicted octanol–water partition coefficient (Wildman–Crippen LogP) is 4.19. The second-order valence-corrected chi connectivity index (χ2v) is 9.21. The number of ether oxygens (including phenoxy) is 1. The molecule has 1 amide bonds. The second-order valence-electron chi connectivity index (χ2n) is 7.83. The van der Waals surface area contributed by atoms with E-state index in [0.29, 0.717) is 21.9 Å². The third-order valence-electron chi connectivity index (χ3n) is 5.27. The number of hydrogen-bond donors (Lipinski definition) is 2. The molecule has 0 fully saturated rings. The molecule has 4 rings (SSSR count). The number of rotatable bonds is 7. The van der Waals surface area contributed by atoms with Crippen molar-refractivity contribution in [2.75, 3.05) is 17.3 Å². The molecular formula is C25H25N5O3S. The van der Waals surface area contributed by atoms with Crippen LogP contribution < -0.4 is 15.8 Å². The number of nitrogen functional groups attached to an aromatic ring is 1. The number of hydrogen-bond acceptors (Lipinski definition) is 6. The number of anilines is 2. The van der Waals surface area contributed by atoms with E-state index in [0.717, 1.165) is 16.7 Å². The molecule has 34 heavy (non-hydrogen) atoms. The van der Waals surface area contributed by atoms with E-state index >= 15 is 0 Å². The summed E-state index contributed by atoms with van der Waals surface area (Å²) in [6.07, 6.45) is 6.55. The molecule has 2 aromatic heterocycles. The topological polar surface area (TPSA) is 118 Å². The average molecular weight is 476 g/mol. The van der Waals surface area contributed by atoms with Gasteiger partial charge in [0.15, 0.2) is 16.5 Å². The van der Waals surface area contributed by atoms with Crippen LogP contribution in [0.5, 0.6) is 5.75 Å². The van der Waals surface area contributed by atoms with E-state index in [1.807, 2.05) is 44.4 Å². The van der Waals surface area contributed by atoms with Crippen molar-refractivity contribution in [3.8, 4) is 16.9 Å². The van der Waals surface area contributed by atoms with Gasteiger partial charge in [0.1, 0.15) is 12.4 Å². The molecule has 0 saturated carbocycles. The molecular weight excluding hydrogens is 450 g/mol. The molecule has 2 atom stereocenters. The molecule has 2 aromatic carbocycles. The summed E-state index contributed by atoms with van der Waals surface area (Å²) >= 11 is -1.16. The van der Waals surface area contributed by atoms with Gasteiger partial charge >= 0.3 is 0 Å². The maximum Gasteiger partial charge on any atom is 0.255 e. The molecule has 4 aromatic rings. The summed E-state index contributed by atoms with van der Waals surface area (Å²) in [7, 11) is 1.85. The Kier molecular flexibility index (Phi) is 6.85. The van der Waals surface area contributed by atoms with Gasteiger partial charge in [-0.25, -0.2) is 4.98 Å². The maximum atomic E-state index is 12.7. The summed E-state index contributed by atoms with van der Waals surface area (Å²) < 4.78 is 19.6. The number of nitrogens with zero attached hydrogens (tertiary/aromatic N) is 3. The van der Waals surface area contributed by atoms with Crippen molar-refractivity contribution in [3.05, 3.63) is 84.3 Å². The molecule has 8 nitrogen and oxygen atoms in total. The maximum absolute atomic E-state index is 12.7. The van der Waals surface area contributed by atoms with Crippen LogP contribution in [0.15, 0.2) is 78.1 Å². The Morgan fingerprint density at radius 1 is 1.15 bits per heavy atom. The zero-order valence-corrected chi connectivity index (χ0v) is 19.9. The minimum atomic E-state index is -1.16. The lowest BCUT2D eigenvalue weighted by Gasteiger charge is -2.17. The van der Waals surface area contributed by atoms with Crippen LogP contribution in [0.2, 0.25) is 0 Å². The Balaban J connectivity index is 1.50. The first kappa shape index (κ1) is 23.3. The lowest BCUT2D eigenvalue weighted by molar-refractivity contribution is 0.102. The highest BCUT2D eigenvalue weighted by atomic mass is 32.2. The van der Waals surface area contributed by atoms with E-state index in [1.54, 1.807) is 53.7 Å². The number of benzene rings is 2. The van der Waals surface area contributed by atoms with Gasteiger partial charge in [0.05, 0.1) is 6.20 Å². The smallest absolute Gasteiger partial charge is 0.255 e. The summed E-state index contributed by atoms with van der Waals surface area (Å²) in [5, 5.41) is 7.08. The Hall–Kier alpha value is -3.82. The van der Waals surface area contributed by atoms with E-state index < -0.39 is 11.2 Å². The lowest BCUT2D eigenvalue weighted by Crippen LogP contribution is -2.13. The fraction of sp³-hybridized carbons (Fsp3) is 0.160. The molecule has 3 N–H and O–H groups in total. The number of nitrogens with one attached hydrogen (secondary N) is 1. The largest absolute Gasteiger partial charge is 0.612 e. The molecule has 0 aliphatic heterocycles. The van der Waals surface area contributed by atoms with E-state index in [4.69, 9.17) is 10.5 Å². The van der Waals surface area contributed by atoms with Crippen molar-refractivity contribution in [2.45, 2.75) is 17.9 Å². The molecule has 0 spiro atoms. The Morgan fingerprint density at radius 3 is 2.68 bits per heavy atom. The van der Waals surface area contributed by atoms with E-state index in [1.165, 1.54) is 0 Å². The minimum Gasteiger partial charge on any atom is -0.612 e. The fourth-order valence-electron chi connectivity index (χ4n) is 3.42. The summed E-state index contributed by atoms with van der Waals surface area (Å²) in [5.41, 5.74) is 9.73. The fourth-order valence-corrected chi connectivity index (χ4v) is 3.99. The van der Waals surface area contributed by atoms with E-state index in [9.17, 15) is 9.35 Å². The van der Waals surface area contributed by atoms with Crippen LogP contribution in [-0.4, -0.2) is 31.5 Å². The number of nitrogens with two attached hydrogens (primary N) is 1. The average Bonchev–Trinajstić information content (AvgIpc) is 3.27. The first-order valence-electron chi connectivity index (χ1n) is 10.6. The zero-order chi connectivity index (χ0) is 24.2. The summed E-state index contributed by atoms with van der Waals surface area (Å²) in [5.74, 6) is 0.473. The molecule has 0 aliphatic rings. The van der Waals surface area contributed by atoms with Crippen LogP contribution in [0.4, 0.5) is 11.5 Å². The van der Waals surface area contributed by atoms with Gasteiger partial charge in [-0.1, -0.05) is 18.2 Å². The first-order valence-corrected chi connectivity index (χ1v) is 12.1. The second kappa shape index (κ2) is 9.98. The number of aryl methyl sites for hydroxylation is 1. The van der Waals surface area contributed by atoms with Crippen LogP contribution in [-0.2, 0) is 18.2 Å². The molecule has 1 unspecified atom stereocenters. The normalized spacial score (nSPS) is 12.7. The van der Waals surface area contributed by atoms with E-state index in [2.05, 4.69) is 15.4 Å². The van der Waals surface area contributed by atoms with Crippen LogP contribution in [0, 0.1) is 0 Å². The van der Waals surface area contributed by atoms with Crippen molar-refractivity contribution in [2.24, 2.45) is 7.05 Å². The Labute approximate surface area is 201 Å². The Morgan fingerprint density at radius 2 is 1.94 bits per heavy atom. The quantitative estimate of drug-likeness (QED) is 0.387. The number of carbonyl (C=O) groups excluding carboxylic acids is 1. The predicted molar refractivity (Wildman–Crippen MR) is 133 cm³/mol. The minimum absolute atomic E-state index is 0.282. The third kappa shape index (κ3) is 5.38. The summed E-state index contributed by atoms with van der Waals surface area (Å²) in [6, 6.07) is 16.0. The monoisotopic (exact) mass is 475 g/mol. The molecule has 0 radical (unpaired) electrons. The van der Waals surface area contributed by atoms with Gasteiger partial charge in [-0.3, -0.25) is 9.48 Å². The molecule has 2 heterocycles. The molecule has 174 valence electrons. The molecule has 0 aliphatic carbocycles. The summed E-state index contributed by atoms with van der Waals surface area (Å²) in [4.78, 5) is 17.6. The van der Waals surface area contributed by atoms with Gasteiger partial charge in [-0.15, -0.1) is 0 Å². The van der Waals surface area contributed by atoms with Gasteiger partial charge in [0, 0.05) is 47.9 Å². The SMILES string of the molecule is C[C@@H](Oc1cc(-c2cnn(C)c2)cnc1N)c1cccc(NC(=O)c2cccc([S+](C)[O-])c2)c1. The summed E-state index contributed by atoms with van der Waals surface area (Å²) in [6.45, 7) is 1.90. The molecule has 0 bridgehead atoms. The van der Waals surface area contributed by atoms with Crippen LogP contribution in [0.3, 0.4) is 0 Å². The van der Waals surface area contributed by atoms with Crippen molar-refractivity contribution >= 4 is 28.6 Å². The lowest BCUT2D eigenvalue weighted by atomic mass is 10.1. The van der Waals surface area contributed by atoms with Gasteiger partial charge in [-0.2, -0.15) is 5.10 Å². The van der Waals surface area contributed by atoms with Gasteiger partial charge in [0.2, 0.25) is 0 Å². The van der Waals surface area contributed by atoms with Crippen LogP contribution in [0.1, 0.15) is 28.9 Å². The number of amides is 1. The third-order valence-corrected chi connectivity index (χ3v) is 6.18.